The molecule has 14 heteroatoms. The molecule has 1 aromatic carbocycles. The zero-order valence-corrected chi connectivity index (χ0v) is 20.3. The molecule has 3 N–H and O–H groups in total. The van der Waals surface area contributed by atoms with Gasteiger partial charge < -0.3 is 24.8 Å². The van der Waals surface area contributed by atoms with E-state index in [1.54, 1.807) is 23.2 Å². The number of benzene rings is 1. The SMILES string of the molecule is O=C(NCc1ccc[nH]c1=O)N1CCC(c2nc(-c3ccc4ccccc4n3)no2)CC1.O=C(O)C(F)(F)F. The summed E-state index contributed by atoms with van der Waals surface area (Å²) in [5, 5.41) is 15.1. The van der Waals surface area contributed by atoms with E-state index < -0.39 is 12.1 Å². The minimum Gasteiger partial charge on any atom is -0.475 e. The van der Waals surface area contributed by atoms with E-state index in [9.17, 15) is 22.8 Å². The number of H-pyrrole nitrogens is 1. The molecule has 0 unspecified atom stereocenters. The minimum atomic E-state index is -5.08. The molecule has 0 aliphatic carbocycles. The fraction of sp³-hybridized carbons (Fsp3) is 0.280. The van der Waals surface area contributed by atoms with Crippen LogP contribution in [0.3, 0.4) is 0 Å². The first-order valence-electron chi connectivity index (χ1n) is 11.8. The quantitative estimate of drug-likeness (QED) is 0.351. The van der Waals surface area contributed by atoms with Crippen molar-refractivity contribution >= 4 is 22.9 Å². The summed E-state index contributed by atoms with van der Waals surface area (Å²) in [6, 6.07) is 15.0. The number of hydrogen-bond donors (Lipinski definition) is 3. The molecule has 4 aromatic rings. The van der Waals surface area contributed by atoms with E-state index in [0.717, 1.165) is 23.7 Å². The molecule has 0 spiro atoms. The third-order valence-electron chi connectivity index (χ3n) is 5.97. The van der Waals surface area contributed by atoms with Crippen molar-refractivity contribution in [3.05, 3.63) is 76.5 Å². The molecule has 1 fully saturated rings. The molecular formula is C25H23F3N6O5. The van der Waals surface area contributed by atoms with Crippen LogP contribution in [0.25, 0.3) is 22.4 Å². The van der Waals surface area contributed by atoms with E-state index >= 15 is 0 Å². The molecule has 0 radical (unpaired) electrons. The van der Waals surface area contributed by atoms with Gasteiger partial charge in [0.15, 0.2) is 0 Å². The van der Waals surface area contributed by atoms with E-state index in [4.69, 9.17) is 14.4 Å². The van der Waals surface area contributed by atoms with E-state index in [-0.39, 0.29) is 24.1 Å². The summed E-state index contributed by atoms with van der Waals surface area (Å²) < 4.78 is 37.3. The lowest BCUT2D eigenvalue weighted by molar-refractivity contribution is -0.192. The molecule has 3 aromatic heterocycles. The van der Waals surface area contributed by atoms with Crippen LogP contribution in [0, 0.1) is 0 Å². The summed E-state index contributed by atoms with van der Waals surface area (Å²) in [5.74, 6) is -1.62. The van der Waals surface area contributed by atoms with Crippen LogP contribution in [0.2, 0.25) is 0 Å². The van der Waals surface area contributed by atoms with E-state index in [2.05, 4.69) is 25.4 Å². The Kier molecular flexibility index (Phi) is 8.22. The number of nitrogens with zero attached hydrogens (tertiary/aromatic N) is 4. The van der Waals surface area contributed by atoms with Crippen LogP contribution in [-0.2, 0) is 11.3 Å². The normalized spacial score (nSPS) is 14.0. The molecule has 2 amide bonds. The van der Waals surface area contributed by atoms with Crippen LogP contribution < -0.4 is 10.9 Å². The first kappa shape index (κ1) is 27.3. The number of nitrogens with one attached hydrogen (secondary N) is 2. The number of piperidine rings is 1. The van der Waals surface area contributed by atoms with Crippen LogP contribution in [0.4, 0.5) is 18.0 Å². The number of fused-ring (bicyclic) bond motifs is 1. The van der Waals surface area contributed by atoms with Gasteiger partial charge in [-0.25, -0.2) is 14.6 Å². The van der Waals surface area contributed by atoms with E-state index in [1.807, 2.05) is 36.4 Å². The number of rotatable bonds is 4. The molecule has 0 saturated carbocycles. The predicted octanol–water partition coefficient (Wildman–Crippen LogP) is 3.70. The zero-order chi connectivity index (χ0) is 28.0. The first-order chi connectivity index (χ1) is 18.6. The third kappa shape index (κ3) is 6.97. The molecular weight excluding hydrogens is 521 g/mol. The van der Waals surface area contributed by atoms with Crippen LogP contribution >= 0.6 is 0 Å². The number of alkyl halides is 3. The number of carboxylic acid groups (broad SMARTS) is 1. The summed E-state index contributed by atoms with van der Waals surface area (Å²) in [7, 11) is 0. The molecule has 0 bridgehead atoms. The average Bonchev–Trinajstić information content (AvgIpc) is 3.42. The summed E-state index contributed by atoms with van der Waals surface area (Å²) in [4.78, 5) is 46.6. The number of aromatic amines is 1. The molecule has 0 atom stereocenters. The van der Waals surface area contributed by atoms with Gasteiger partial charge in [-0.2, -0.15) is 18.2 Å². The standard InChI is InChI=1S/C23H22N6O3.C2HF3O2/c30-21-17(5-3-11-24-21)14-25-23(31)29-12-9-16(10-13-29)22-27-20(28-32-22)19-8-7-15-4-1-2-6-18(15)26-19;3-2(4,5)1(6)7/h1-8,11,16H,9-10,12-14H2,(H,24,30)(H,25,31);(H,6,7). The van der Waals surface area contributed by atoms with Crippen LogP contribution in [-0.4, -0.2) is 61.4 Å². The number of pyridine rings is 2. The maximum Gasteiger partial charge on any atom is 0.490 e. The number of likely N-dealkylation sites (tertiary alicyclic amines) is 1. The second-order valence-corrected chi connectivity index (χ2v) is 8.59. The summed E-state index contributed by atoms with van der Waals surface area (Å²) in [6.07, 6.45) is -2.06. The van der Waals surface area contributed by atoms with Crippen LogP contribution in [0.5, 0.6) is 0 Å². The highest BCUT2D eigenvalue weighted by Crippen LogP contribution is 2.28. The van der Waals surface area contributed by atoms with Crippen LogP contribution in [0.1, 0.15) is 30.2 Å². The Bertz CT molecular complexity index is 1510. The Morgan fingerprint density at radius 2 is 1.79 bits per heavy atom. The second-order valence-electron chi connectivity index (χ2n) is 8.59. The van der Waals surface area contributed by atoms with E-state index in [0.29, 0.717) is 36.1 Å². The van der Waals surface area contributed by atoms with Gasteiger partial charge in [0.2, 0.25) is 11.7 Å². The number of carbonyl (C=O) groups is 2. The molecule has 39 heavy (non-hydrogen) atoms. The maximum absolute atomic E-state index is 12.5. The van der Waals surface area contributed by atoms with Gasteiger partial charge in [0.1, 0.15) is 5.69 Å². The lowest BCUT2D eigenvalue weighted by Gasteiger charge is -2.30. The van der Waals surface area contributed by atoms with Crippen LogP contribution in [0.15, 0.2) is 64.0 Å². The number of carboxylic acids is 1. The molecule has 11 nitrogen and oxygen atoms in total. The highest BCUT2D eigenvalue weighted by Gasteiger charge is 2.38. The molecule has 4 heterocycles. The van der Waals surface area contributed by atoms with Gasteiger partial charge in [-0.1, -0.05) is 35.5 Å². The molecule has 1 saturated heterocycles. The average molecular weight is 544 g/mol. The Balaban J connectivity index is 0.000000448. The Morgan fingerprint density at radius 3 is 2.49 bits per heavy atom. The molecule has 204 valence electrons. The highest BCUT2D eigenvalue weighted by molar-refractivity contribution is 5.80. The van der Waals surface area contributed by atoms with Crippen molar-refractivity contribution in [2.24, 2.45) is 0 Å². The maximum atomic E-state index is 12.5. The van der Waals surface area contributed by atoms with Gasteiger partial charge in [-0.15, -0.1) is 0 Å². The van der Waals surface area contributed by atoms with Crippen molar-refractivity contribution in [1.82, 2.24) is 30.3 Å². The molecule has 5 rings (SSSR count). The minimum absolute atomic E-state index is 0.0951. The van der Waals surface area contributed by atoms with E-state index in [1.165, 1.54) is 0 Å². The number of urea groups is 1. The van der Waals surface area contributed by atoms with Crippen molar-refractivity contribution in [1.29, 1.82) is 0 Å². The third-order valence-corrected chi connectivity index (χ3v) is 5.97. The second kappa shape index (κ2) is 11.8. The number of carbonyl (C=O) groups excluding carboxylic acids is 1. The van der Waals surface area contributed by atoms with Crippen molar-refractivity contribution in [2.75, 3.05) is 13.1 Å². The number of aromatic nitrogens is 4. The van der Waals surface area contributed by atoms with Crippen molar-refractivity contribution < 1.29 is 32.4 Å². The van der Waals surface area contributed by atoms with Gasteiger partial charge in [0.25, 0.3) is 5.56 Å². The van der Waals surface area contributed by atoms with Crippen molar-refractivity contribution in [3.8, 4) is 11.5 Å². The Hall–Kier alpha value is -4.75. The first-order valence-corrected chi connectivity index (χ1v) is 11.8. The number of halogens is 3. The number of aliphatic carboxylic acids is 1. The molecule has 1 aliphatic heterocycles. The summed E-state index contributed by atoms with van der Waals surface area (Å²) in [5.41, 5.74) is 1.88. The fourth-order valence-corrected chi connectivity index (χ4v) is 3.90. The number of hydrogen-bond acceptors (Lipinski definition) is 7. The van der Waals surface area contributed by atoms with Gasteiger partial charge in [0, 0.05) is 42.7 Å². The Labute approximate surface area is 218 Å². The zero-order valence-electron chi connectivity index (χ0n) is 20.3. The number of amides is 2. The van der Waals surface area contributed by atoms with Crippen molar-refractivity contribution in [2.45, 2.75) is 31.5 Å². The van der Waals surface area contributed by atoms with Gasteiger partial charge in [-0.05, 0) is 31.0 Å². The monoisotopic (exact) mass is 544 g/mol. The largest absolute Gasteiger partial charge is 0.490 e. The van der Waals surface area contributed by atoms with Crippen molar-refractivity contribution in [3.63, 3.8) is 0 Å². The fourth-order valence-electron chi connectivity index (χ4n) is 3.90. The number of para-hydroxylation sites is 1. The Morgan fingerprint density at radius 1 is 1.08 bits per heavy atom. The molecule has 1 aliphatic rings. The topological polar surface area (TPSA) is 154 Å². The summed E-state index contributed by atoms with van der Waals surface area (Å²) in [6.45, 7) is 1.35. The lowest BCUT2D eigenvalue weighted by Crippen LogP contribution is -2.44. The highest BCUT2D eigenvalue weighted by atomic mass is 19.4. The summed E-state index contributed by atoms with van der Waals surface area (Å²) >= 11 is 0. The van der Waals surface area contributed by atoms with Gasteiger partial charge in [-0.3, -0.25) is 4.79 Å². The lowest BCUT2D eigenvalue weighted by atomic mass is 9.97. The predicted molar refractivity (Wildman–Crippen MR) is 132 cm³/mol. The smallest absolute Gasteiger partial charge is 0.475 e. The van der Waals surface area contributed by atoms with Gasteiger partial charge in [0.05, 0.1) is 5.52 Å². The van der Waals surface area contributed by atoms with Gasteiger partial charge >= 0.3 is 18.2 Å².